The predicted octanol–water partition coefficient (Wildman–Crippen LogP) is 1.76. The number of rotatable bonds is 5. The van der Waals surface area contributed by atoms with Gasteiger partial charge in [0.1, 0.15) is 22.9 Å². The molecular formula is C14H17FO5S. The minimum Gasteiger partial charge on any atom is -0.459 e. The normalized spacial score (nSPS) is 12.0. The van der Waals surface area contributed by atoms with E-state index in [-0.39, 0.29) is 5.56 Å². The molecule has 0 amide bonds. The molecule has 0 bridgehead atoms. The summed E-state index contributed by atoms with van der Waals surface area (Å²) in [5, 5.41) is 0. The SMILES string of the molecule is CC(C)(C)OC(=O)CS(=O)(=O)CC(=O)c1cccc(F)c1. The van der Waals surface area contributed by atoms with E-state index in [9.17, 15) is 22.4 Å². The van der Waals surface area contributed by atoms with Crippen molar-refractivity contribution in [2.24, 2.45) is 0 Å². The van der Waals surface area contributed by atoms with Crippen molar-refractivity contribution in [2.45, 2.75) is 26.4 Å². The van der Waals surface area contributed by atoms with Crippen molar-refractivity contribution in [3.05, 3.63) is 35.6 Å². The number of halogens is 1. The first-order chi connectivity index (χ1) is 9.48. The second-order valence-electron chi connectivity index (χ2n) is 5.55. The zero-order chi connectivity index (χ0) is 16.3. The predicted molar refractivity (Wildman–Crippen MR) is 75.2 cm³/mol. The Kier molecular flexibility index (Phi) is 5.22. The first-order valence-corrected chi connectivity index (χ1v) is 8.02. The lowest BCUT2D eigenvalue weighted by Crippen LogP contribution is -2.30. The van der Waals surface area contributed by atoms with E-state index < -0.39 is 44.5 Å². The average molecular weight is 316 g/mol. The van der Waals surface area contributed by atoms with Crippen LogP contribution in [0.15, 0.2) is 24.3 Å². The maximum absolute atomic E-state index is 13.0. The van der Waals surface area contributed by atoms with Gasteiger partial charge >= 0.3 is 5.97 Å². The third kappa shape index (κ3) is 6.48. The van der Waals surface area contributed by atoms with Gasteiger partial charge in [-0.25, -0.2) is 12.8 Å². The molecule has 0 aliphatic carbocycles. The summed E-state index contributed by atoms with van der Waals surface area (Å²) < 4.78 is 41.4. The first kappa shape index (κ1) is 17.3. The second kappa shape index (κ2) is 6.34. The molecule has 116 valence electrons. The Morgan fingerprint density at radius 2 is 1.81 bits per heavy atom. The van der Waals surface area contributed by atoms with Gasteiger partial charge in [0.15, 0.2) is 15.6 Å². The highest BCUT2D eigenvalue weighted by Crippen LogP contribution is 2.10. The van der Waals surface area contributed by atoms with Crippen molar-refractivity contribution in [1.82, 2.24) is 0 Å². The van der Waals surface area contributed by atoms with Crippen molar-refractivity contribution in [3.63, 3.8) is 0 Å². The molecule has 7 heteroatoms. The van der Waals surface area contributed by atoms with E-state index >= 15 is 0 Å². The summed E-state index contributed by atoms with van der Waals surface area (Å²) in [4.78, 5) is 23.3. The molecule has 0 atom stereocenters. The van der Waals surface area contributed by atoms with Gasteiger partial charge in [0.2, 0.25) is 0 Å². The Hall–Kier alpha value is -1.76. The smallest absolute Gasteiger partial charge is 0.321 e. The van der Waals surface area contributed by atoms with Crippen molar-refractivity contribution >= 4 is 21.6 Å². The third-order valence-corrected chi connectivity index (χ3v) is 3.63. The molecule has 1 rings (SSSR count). The number of sulfone groups is 1. The fourth-order valence-electron chi connectivity index (χ4n) is 1.55. The van der Waals surface area contributed by atoms with Gasteiger partial charge < -0.3 is 4.74 Å². The number of Topliss-reactive ketones (excluding diaryl/α,β-unsaturated/α-hetero) is 1. The van der Waals surface area contributed by atoms with Crippen molar-refractivity contribution < 1.29 is 27.1 Å². The monoisotopic (exact) mass is 316 g/mol. The summed E-state index contributed by atoms with van der Waals surface area (Å²) in [5.74, 6) is -4.07. The van der Waals surface area contributed by atoms with Crippen LogP contribution in [0.5, 0.6) is 0 Å². The Balaban J connectivity index is 2.73. The van der Waals surface area contributed by atoms with Gasteiger partial charge in [-0.1, -0.05) is 12.1 Å². The maximum Gasteiger partial charge on any atom is 0.321 e. The van der Waals surface area contributed by atoms with Gasteiger partial charge in [-0.2, -0.15) is 0 Å². The molecule has 0 N–H and O–H groups in total. The van der Waals surface area contributed by atoms with Gasteiger partial charge in [-0.15, -0.1) is 0 Å². The Morgan fingerprint density at radius 3 is 2.33 bits per heavy atom. The lowest BCUT2D eigenvalue weighted by Gasteiger charge is -2.19. The van der Waals surface area contributed by atoms with Crippen LogP contribution in [0.25, 0.3) is 0 Å². The minimum atomic E-state index is -3.96. The van der Waals surface area contributed by atoms with Gasteiger partial charge in [-0.05, 0) is 32.9 Å². The topological polar surface area (TPSA) is 77.5 Å². The van der Waals surface area contributed by atoms with E-state index in [0.29, 0.717) is 0 Å². The number of carbonyl (C=O) groups excluding carboxylic acids is 2. The number of benzene rings is 1. The Morgan fingerprint density at radius 1 is 1.19 bits per heavy atom. The fourth-order valence-corrected chi connectivity index (χ4v) is 2.63. The molecule has 1 aromatic rings. The third-order valence-electron chi connectivity index (χ3n) is 2.26. The Bertz CT molecular complexity index is 644. The van der Waals surface area contributed by atoms with E-state index in [1.807, 2.05) is 0 Å². The molecule has 1 aromatic carbocycles. The maximum atomic E-state index is 13.0. The molecule has 0 aromatic heterocycles. The summed E-state index contributed by atoms with van der Waals surface area (Å²) in [6.45, 7) is 4.82. The van der Waals surface area contributed by atoms with Gasteiger partial charge in [0, 0.05) is 5.56 Å². The number of carbonyl (C=O) groups is 2. The number of ether oxygens (including phenoxy) is 1. The minimum absolute atomic E-state index is 0.0530. The van der Waals surface area contributed by atoms with Crippen LogP contribution in [0.1, 0.15) is 31.1 Å². The van der Waals surface area contributed by atoms with Gasteiger partial charge in [-0.3, -0.25) is 9.59 Å². The molecule has 21 heavy (non-hydrogen) atoms. The van der Waals surface area contributed by atoms with E-state index in [4.69, 9.17) is 4.74 Å². The number of esters is 1. The average Bonchev–Trinajstić information content (AvgIpc) is 2.24. The van der Waals surface area contributed by atoms with Crippen molar-refractivity contribution in [1.29, 1.82) is 0 Å². The summed E-state index contributed by atoms with van der Waals surface area (Å²) >= 11 is 0. The lowest BCUT2D eigenvalue weighted by molar-refractivity contribution is -0.151. The molecular weight excluding hydrogens is 299 g/mol. The van der Waals surface area contributed by atoms with Crippen LogP contribution < -0.4 is 0 Å². The molecule has 0 radical (unpaired) electrons. The molecule has 0 saturated heterocycles. The molecule has 0 spiro atoms. The number of hydrogen-bond donors (Lipinski definition) is 0. The summed E-state index contributed by atoms with van der Waals surface area (Å²) in [7, 11) is -3.96. The summed E-state index contributed by atoms with van der Waals surface area (Å²) in [5.41, 5.74) is -0.859. The lowest BCUT2D eigenvalue weighted by atomic mass is 10.1. The highest BCUT2D eigenvalue weighted by atomic mass is 32.2. The number of hydrogen-bond acceptors (Lipinski definition) is 5. The van der Waals surface area contributed by atoms with Crippen LogP contribution in [0, 0.1) is 5.82 Å². The molecule has 0 aliphatic rings. The van der Waals surface area contributed by atoms with E-state index in [1.165, 1.54) is 12.1 Å². The second-order valence-corrected chi connectivity index (χ2v) is 7.62. The quantitative estimate of drug-likeness (QED) is 0.611. The largest absolute Gasteiger partial charge is 0.459 e. The van der Waals surface area contributed by atoms with Crippen LogP contribution >= 0.6 is 0 Å². The fraction of sp³-hybridized carbons (Fsp3) is 0.429. The van der Waals surface area contributed by atoms with Crippen LogP contribution in [-0.4, -0.2) is 37.3 Å². The van der Waals surface area contributed by atoms with Crippen molar-refractivity contribution in [2.75, 3.05) is 11.5 Å². The Labute approximate surface area is 123 Å². The van der Waals surface area contributed by atoms with E-state index in [2.05, 4.69) is 0 Å². The highest BCUT2D eigenvalue weighted by molar-refractivity contribution is 7.92. The van der Waals surface area contributed by atoms with E-state index in [0.717, 1.165) is 12.1 Å². The molecule has 5 nitrogen and oxygen atoms in total. The van der Waals surface area contributed by atoms with Crippen LogP contribution in [0.4, 0.5) is 4.39 Å². The summed E-state index contributed by atoms with van der Waals surface area (Å²) in [6, 6.07) is 4.72. The molecule has 0 saturated carbocycles. The standard InChI is InChI=1S/C14H17FO5S/c1-14(2,3)20-13(17)9-21(18,19)8-12(16)10-5-4-6-11(15)7-10/h4-7H,8-9H2,1-3H3. The zero-order valence-corrected chi connectivity index (χ0v) is 12.9. The first-order valence-electron chi connectivity index (χ1n) is 6.19. The van der Waals surface area contributed by atoms with E-state index in [1.54, 1.807) is 20.8 Å². The summed E-state index contributed by atoms with van der Waals surface area (Å²) in [6.07, 6.45) is 0. The molecule has 0 heterocycles. The number of ketones is 1. The molecule has 0 unspecified atom stereocenters. The van der Waals surface area contributed by atoms with Gasteiger partial charge in [0.25, 0.3) is 0 Å². The highest BCUT2D eigenvalue weighted by Gasteiger charge is 2.25. The molecule has 0 aliphatic heterocycles. The van der Waals surface area contributed by atoms with Crippen LogP contribution in [-0.2, 0) is 19.4 Å². The zero-order valence-electron chi connectivity index (χ0n) is 12.1. The van der Waals surface area contributed by atoms with Crippen LogP contribution in [0.3, 0.4) is 0 Å². The van der Waals surface area contributed by atoms with Crippen LogP contribution in [0.2, 0.25) is 0 Å². The van der Waals surface area contributed by atoms with Gasteiger partial charge in [0.05, 0.1) is 0 Å². The molecule has 0 fully saturated rings. The van der Waals surface area contributed by atoms with Crippen molar-refractivity contribution in [3.8, 4) is 0 Å².